The molecule has 1 aliphatic rings. The average Bonchev–Trinajstić information content (AvgIpc) is 2.58. The van der Waals surface area contributed by atoms with Crippen LogP contribution in [0.1, 0.15) is 12.0 Å². The van der Waals surface area contributed by atoms with Gasteiger partial charge in [0.2, 0.25) is 0 Å². The van der Waals surface area contributed by atoms with Gasteiger partial charge in [-0.3, -0.25) is 4.98 Å². The van der Waals surface area contributed by atoms with Crippen LogP contribution in [0.2, 0.25) is 0 Å². The maximum Gasteiger partial charge on any atom is 0.137 e. The number of hydrogen-bond acceptors (Lipinski definition) is 3. The molecule has 0 aliphatic carbocycles. The van der Waals surface area contributed by atoms with Crippen molar-refractivity contribution >= 4 is 39.6 Å². The topological polar surface area (TPSA) is 25.4 Å². The maximum absolute atomic E-state index is 6.21. The predicted octanol–water partition coefficient (Wildman–Crippen LogP) is 3.23. The zero-order valence-corrected chi connectivity index (χ0v) is 12.7. The smallest absolute Gasteiger partial charge is 0.137 e. The maximum atomic E-state index is 6.21. The van der Waals surface area contributed by atoms with E-state index in [4.69, 9.17) is 28.6 Å². The van der Waals surface area contributed by atoms with Gasteiger partial charge in [0, 0.05) is 36.1 Å². The second-order valence-electron chi connectivity index (χ2n) is 4.94. The van der Waals surface area contributed by atoms with E-state index < -0.39 is 0 Å². The summed E-state index contributed by atoms with van der Waals surface area (Å²) in [4.78, 5) is 7.03. The van der Waals surface area contributed by atoms with E-state index in [9.17, 15) is 0 Å². The minimum absolute atomic E-state index is 0.0514. The number of nitrogens with zero attached hydrogens (tertiary/aromatic N) is 2. The average molecular weight is 307 g/mol. The first-order valence-electron chi connectivity index (χ1n) is 6.55. The highest BCUT2D eigenvalue weighted by atomic mass is 35.5. The molecular formula is C15H15ClN2OS. The van der Waals surface area contributed by atoms with Gasteiger partial charge in [0.05, 0.1) is 12.1 Å². The minimum atomic E-state index is 0.0514. The lowest BCUT2D eigenvalue weighted by Gasteiger charge is -2.21. The van der Waals surface area contributed by atoms with Gasteiger partial charge in [-0.1, -0.05) is 18.3 Å². The summed E-state index contributed by atoms with van der Waals surface area (Å²) in [7, 11) is 2.00. The molecule has 0 fully saturated rings. The Labute approximate surface area is 128 Å². The first-order valence-corrected chi connectivity index (χ1v) is 7.50. The second kappa shape index (κ2) is 5.54. The molecular weight excluding hydrogens is 292 g/mol. The molecule has 0 N–H and O–H groups in total. The van der Waals surface area contributed by atoms with Gasteiger partial charge in [0.1, 0.15) is 16.8 Å². The Kier molecular flexibility index (Phi) is 3.76. The molecule has 2 aromatic rings. The highest BCUT2D eigenvalue weighted by Gasteiger charge is 2.25. The molecule has 0 saturated heterocycles. The van der Waals surface area contributed by atoms with Crippen LogP contribution in [0.5, 0.6) is 5.75 Å². The van der Waals surface area contributed by atoms with Crippen LogP contribution in [-0.2, 0) is 0 Å². The molecule has 0 amide bonds. The number of fused-ring (bicyclic) bond motifs is 3. The molecule has 5 heteroatoms. The third-order valence-electron chi connectivity index (χ3n) is 3.54. The highest BCUT2D eigenvalue weighted by Crippen LogP contribution is 2.33. The summed E-state index contributed by atoms with van der Waals surface area (Å²) in [5.74, 6) is 1.43. The summed E-state index contributed by atoms with van der Waals surface area (Å²) in [5, 5.41) is 2.11. The van der Waals surface area contributed by atoms with E-state index in [1.54, 1.807) is 6.20 Å². The van der Waals surface area contributed by atoms with Crippen molar-refractivity contribution in [1.29, 1.82) is 0 Å². The summed E-state index contributed by atoms with van der Waals surface area (Å²) < 4.78 is 6.21. The fraction of sp³-hybridized carbons (Fsp3) is 0.333. The Morgan fingerprint density at radius 2 is 2.30 bits per heavy atom. The first kappa shape index (κ1) is 13.6. The van der Waals surface area contributed by atoms with Crippen molar-refractivity contribution in [3.8, 4) is 5.75 Å². The number of benzene rings is 1. The molecule has 0 bridgehead atoms. The Morgan fingerprint density at radius 3 is 3.10 bits per heavy atom. The van der Waals surface area contributed by atoms with Gasteiger partial charge in [0.15, 0.2) is 0 Å². The Morgan fingerprint density at radius 1 is 1.45 bits per heavy atom. The van der Waals surface area contributed by atoms with E-state index in [1.165, 1.54) is 0 Å². The lowest BCUT2D eigenvalue weighted by molar-refractivity contribution is 0.181. The number of aromatic nitrogens is 1. The molecule has 0 spiro atoms. The van der Waals surface area contributed by atoms with Crippen LogP contribution in [0.3, 0.4) is 0 Å². The molecule has 1 unspecified atom stereocenters. The Bertz CT molecular complexity index is 661. The van der Waals surface area contributed by atoms with Gasteiger partial charge in [-0.05, 0) is 18.6 Å². The summed E-state index contributed by atoms with van der Waals surface area (Å²) in [6.07, 6.45) is 4.47. The van der Waals surface area contributed by atoms with Gasteiger partial charge in [-0.15, -0.1) is 11.6 Å². The highest BCUT2D eigenvalue weighted by molar-refractivity contribution is 7.80. The number of likely N-dealkylation sites (N-methyl/N-ethyl adjacent to an activating group) is 1. The fourth-order valence-electron chi connectivity index (χ4n) is 2.51. The number of hydrogen-bond donors (Lipinski definition) is 0. The van der Waals surface area contributed by atoms with Crippen LogP contribution in [0.4, 0.5) is 0 Å². The molecule has 20 heavy (non-hydrogen) atoms. The van der Waals surface area contributed by atoms with E-state index in [0.717, 1.165) is 40.0 Å². The fourth-order valence-corrected chi connectivity index (χ4v) is 2.98. The summed E-state index contributed by atoms with van der Waals surface area (Å²) in [6.45, 7) is 0.757. The van der Waals surface area contributed by atoms with Crippen molar-refractivity contribution in [2.45, 2.75) is 12.5 Å². The standard InChI is InChI=1S/C15H15ClN2OS/c1-18-9-11(4-6-16)19-14-12-5-7-17-8-10(12)2-3-13(14)15(18)20/h2-3,5,7-8,11H,4,6,9H2,1H3. The molecule has 3 rings (SSSR count). The summed E-state index contributed by atoms with van der Waals surface area (Å²) >= 11 is 11.4. The largest absolute Gasteiger partial charge is 0.487 e. The molecule has 104 valence electrons. The zero-order valence-electron chi connectivity index (χ0n) is 11.2. The van der Waals surface area contributed by atoms with Crippen molar-refractivity contribution in [1.82, 2.24) is 9.88 Å². The Balaban J connectivity index is 2.17. The number of ether oxygens (including phenoxy) is 1. The van der Waals surface area contributed by atoms with Gasteiger partial charge in [-0.25, -0.2) is 0 Å². The van der Waals surface area contributed by atoms with E-state index in [0.29, 0.717) is 5.88 Å². The monoisotopic (exact) mass is 306 g/mol. The van der Waals surface area contributed by atoms with Crippen molar-refractivity contribution in [3.05, 3.63) is 36.2 Å². The molecule has 1 aromatic heterocycles. The van der Waals surface area contributed by atoms with E-state index in [-0.39, 0.29) is 6.10 Å². The van der Waals surface area contributed by atoms with Crippen LogP contribution in [0.15, 0.2) is 30.6 Å². The molecule has 2 heterocycles. The molecule has 1 aromatic carbocycles. The lowest BCUT2D eigenvalue weighted by atomic mass is 10.1. The third-order valence-corrected chi connectivity index (χ3v) is 4.29. The van der Waals surface area contributed by atoms with Crippen LogP contribution in [-0.4, -0.2) is 40.4 Å². The third kappa shape index (κ3) is 2.34. The van der Waals surface area contributed by atoms with Crippen LogP contribution in [0, 0.1) is 0 Å². The summed E-state index contributed by atoms with van der Waals surface area (Å²) in [5.41, 5.74) is 0.971. The van der Waals surface area contributed by atoms with E-state index in [2.05, 4.69) is 9.88 Å². The van der Waals surface area contributed by atoms with E-state index in [1.807, 2.05) is 31.4 Å². The van der Waals surface area contributed by atoms with Gasteiger partial charge >= 0.3 is 0 Å². The van der Waals surface area contributed by atoms with Crippen molar-refractivity contribution in [2.75, 3.05) is 19.5 Å². The second-order valence-corrected chi connectivity index (χ2v) is 5.71. The molecule has 3 nitrogen and oxygen atoms in total. The molecule has 1 atom stereocenters. The quantitative estimate of drug-likeness (QED) is 0.628. The van der Waals surface area contributed by atoms with Crippen molar-refractivity contribution in [2.24, 2.45) is 0 Å². The minimum Gasteiger partial charge on any atom is -0.487 e. The van der Waals surface area contributed by atoms with Crippen LogP contribution < -0.4 is 4.74 Å². The zero-order chi connectivity index (χ0) is 14.1. The number of rotatable bonds is 2. The molecule has 0 saturated carbocycles. The van der Waals surface area contributed by atoms with Crippen LogP contribution in [0.25, 0.3) is 10.8 Å². The normalized spacial score (nSPS) is 18.6. The van der Waals surface area contributed by atoms with Gasteiger partial charge in [-0.2, -0.15) is 0 Å². The first-order chi connectivity index (χ1) is 9.70. The lowest BCUT2D eigenvalue weighted by Crippen LogP contribution is -2.33. The molecule has 0 radical (unpaired) electrons. The van der Waals surface area contributed by atoms with Crippen LogP contribution >= 0.6 is 23.8 Å². The van der Waals surface area contributed by atoms with Gasteiger partial charge in [0.25, 0.3) is 0 Å². The Hall–Kier alpha value is -1.39. The molecule has 1 aliphatic heterocycles. The van der Waals surface area contributed by atoms with E-state index >= 15 is 0 Å². The number of halogens is 1. The van der Waals surface area contributed by atoms with Crippen molar-refractivity contribution < 1.29 is 4.74 Å². The number of thiocarbonyl (C=S) groups is 1. The SMILES string of the molecule is CN1CC(CCCl)Oc2c(ccc3cnccc23)C1=S. The number of pyridine rings is 1. The van der Waals surface area contributed by atoms with Crippen molar-refractivity contribution in [3.63, 3.8) is 0 Å². The number of alkyl halides is 1. The summed E-state index contributed by atoms with van der Waals surface area (Å²) in [6, 6.07) is 6.02. The predicted molar refractivity (Wildman–Crippen MR) is 85.8 cm³/mol. The van der Waals surface area contributed by atoms with Gasteiger partial charge < -0.3 is 9.64 Å².